The Bertz CT molecular complexity index is 1520. The summed E-state index contributed by atoms with van der Waals surface area (Å²) in [5, 5.41) is 2.92. The van der Waals surface area contributed by atoms with Crippen LogP contribution in [0.25, 0.3) is 0 Å². The predicted molar refractivity (Wildman–Crippen MR) is 142 cm³/mol. The molecule has 5 rings (SSSR count). The molecule has 0 saturated carbocycles. The number of nitrogens with zero attached hydrogens (tertiary/aromatic N) is 1. The lowest BCUT2D eigenvalue weighted by molar-refractivity contribution is 0.0950. The van der Waals surface area contributed by atoms with Crippen molar-refractivity contribution >= 4 is 28.3 Å². The average Bonchev–Trinajstić information content (AvgIpc) is 3.00. The SMILES string of the molecule is Cc1ccc(CCNC(=O)c2ccc3c(c2)N(Cc2ccccc2F)C(=O)c2ccccc2[S@]3=O)cc1. The maximum absolute atomic E-state index is 14.6. The summed E-state index contributed by atoms with van der Waals surface area (Å²) < 4.78 is 28.1. The number of fused-ring (bicyclic) bond motifs is 2. The van der Waals surface area contributed by atoms with Crippen LogP contribution in [0.2, 0.25) is 0 Å². The Kier molecular flexibility index (Phi) is 6.97. The zero-order valence-corrected chi connectivity index (χ0v) is 21.1. The van der Waals surface area contributed by atoms with E-state index >= 15 is 0 Å². The van der Waals surface area contributed by atoms with Crippen molar-refractivity contribution in [1.29, 1.82) is 0 Å². The number of benzene rings is 4. The fourth-order valence-corrected chi connectivity index (χ4v) is 5.68. The van der Waals surface area contributed by atoms with Gasteiger partial charge < -0.3 is 10.2 Å². The number of anilines is 1. The Labute approximate surface area is 217 Å². The van der Waals surface area contributed by atoms with E-state index in [4.69, 9.17) is 0 Å². The average molecular weight is 513 g/mol. The summed E-state index contributed by atoms with van der Waals surface area (Å²) in [4.78, 5) is 28.9. The monoisotopic (exact) mass is 512 g/mol. The Morgan fingerprint density at radius 2 is 1.65 bits per heavy atom. The van der Waals surface area contributed by atoms with E-state index in [1.807, 2.05) is 31.2 Å². The fourth-order valence-electron chi connectivity index (χ4n) is 4.34. The summed E-state index contributed by atoms with van der Waals surface area (Å²) in [6.45, 7) is 2.40. The van der Waals surface area contributed by atoms with E-state index in [-0.39, 0.29) is 18.0 Å². The fraction of sp³-hybridized carbons (Fsp3) is 0.133. The molecule has 0 saturated heterocycles. The van der Waals surface area contributed by atoms with Gasteiger partial charge in [0.1, 0.15) is 5.82 Å². The lowest BCUT2D eigenvalue weighted by Crippen LogP contribution is -2.31. The number of nitrogens with one attached hydrogen (secondary N) is 1. The van der Waals surface area contributed by atoms with E-state index in [0.29, 0.717) is 39.6 Å². The second kappa shape index (κ2) is 10.5. The van der Waals surface area contributed by atoms with E-state index in [1.165, 1.54) is 16.5 Å². The minimum atomic E-state index is -1.65. The zero-order valence-electron chi connectivity index (χ0n) is 20.2. The van der Waals surface area contributed by atoms with Crippen molar-refractivity contribution in [3.63, 3.8) is 0 Å². The normalized spacial score (nSPS) is 14.5. The molecule has 0 radical (unpaired) electrons. The van der Waals surface area contributed by atoms with Crippen LogP contribution in [0.4, 0.5) is 10.1 Å². The van der Waals surface area contributed by atoms with Gasteiger partial charge in [-0.05, 0) is 55.3 Å². The highest BCUT2D eigenvalue weighted by Crippen LogP contribution is 2.36. The first-order valence-corrected chi connectivity index (χ1v) is 13.1. The molecule has 4 aromatic carbocycles. The topological polar surface area (TPSA) is 66.5 Å². The molecule has 7 heteroatoms. The van der Waals surface area contributed by atoms with Gasteiger partial charge in [-0.1, -0.05) is 60.2 Å². The van der Waals surface area contributed by atoms with Crippen molar-refractivity contribution in [2.45, 2.75) is 29.7 Å². The number of aryl methyl sites for hydroxylation is 1. The number of hydrogen-bond acceptors (Lipinski definition) is 3. The molecule has 0 spiro atoms. The molecule has 0 fully saturated rings. The molecule has 1 heterocycles. The molecule has 5 nitrogen and oxygen atoms in total. The van der Waals surface area contributed by atoms with Gasteiger partial charge in [0.05, 0.1) is 38.4 Å². The van der Waals surface area contributed by atoms with Gasteiger partial charge in [0.15, 0.2) is 0 Å². The Morgan fingerprint density at radius 1 is 0.919 bits per heavy atom. The number of carbonyl (C=O) groups excluding carboxylic acids is 2. The third-order valence-corrected chi connectivity index (χ3v) is 7.88. The minimum absolute atomic E-state index is 0.0669. The van der Waals surface area contributed by atoms with Crippen molar-refractivity contribution in [2.24, 2.45) is 0 Å². The van der Waals surface area contributed by atoms with Crippen molar-refractivity contribution in [1.82, 2.24) is 5.32 Å². The van der Waals surface area contributed by atoms with E-state index in [0.717, 1.165) is 5.56 Å². The van der Waals surface area contributed by atoms with Gasteiger partial charge in [0.25, 0.3) is 11.8 Å². The Morgan fingerprint density at radius 3 is 2.43 bits per heavy atom. The quantitative estimate of drug-likeness (QED) is 0.375. The summed E-state index contributed by atoms with van der Waals surface area (Å²) in [7, 11) is -1.65. The molecule has 1 N–H and O–H groups in total. The number of rotatable bonds is 6. The van der Waals surface area contributed by atoms with Crippen LogP contribution in [0, 0.1) is 12.7 Å². The van der Waals surface area contributed by atoms with Crippen LogP contribution < -0.4 is 10.2 Å². The van der Waals surface area contributed by atoms with Crippen molar-refractivity contribution in [3.05, 3.63) is 125 Å². The first kappa shape index (κ1) is 24.6. The summed E-state index contributed by atoms with van der Waals surface area (Å²) >= 11 is 0. The van der Waals surface area contributed by atoms with Crippen LogP contribution in [0.5, 0.6) is 0 Å². The maximum atomic E-state index is 14.6. The van der Waals surface area contributed by atoms with Gasteiger partial charge >= 0.3 is 0 Å². The molecule has 186 valence electrons. The van der Waals surface area contributed by atoms with Crippen LogP contribution in [0.1, 0.15) is 37.4 Å². The van der Waals surface area contributed by atoms with E-state index < -0.39 is 22.5 Å². The second-order valence-electron chi connectivity index (χ2n) is 8.92. The molecule has 1 atom stereocenters. The summed E-state index contributed by atoms with van der Waals surface area (Å²) in [6, 6.07) is 25.9. The highest BCUT2D eigenvalue weighted by molar-refractivity contribution is 7.85. The minimum Gasteiger partial charge on any atom is -0.352 e. The van der Waals surface area contributed by atoms with E-state index in [2.05, 4.69) is 5.32 Å². The van der Waals surface area contributed by atoms with Crippen molar-refractivity contribution in [3.8, 4) is 0 Å². The summed E-state index contributed by atoms with van der Waals surface area (Å²) in [6.07, 6.45) is 0.675. The van der Waals surface area contributed by atoms with E-state index in [9.17, 15) is 18.2 Å². The number of carbonyl (C=O) groups is 2. The number of amides is 2. The predicted octanol–water partition coefficient (Wildman–Crippen LogP) is 5.43. The molecule has 0 aliphatic carbocycles. The molecule has 1 aliphatic heterocycles. The largest absolute Gasteiger partial charge is 0.352 e. The van der Waals surface area contributed by atoms with Gasteiger partial charge in [-0.2, -0.15) is 0 Å². The van der Waals surface area contributed by atoms with Gasteiger partial charge in [-0.15, -0.1) is 0 Å². The van der Waals surface area contributed by atoms with Gasteiger partial charge in [-0.25, -0.2) is 8.60 Å². The molecule has 4 aromatic rings. The number of hydrogen-bond donors (Lipinski definition) is 1. The maximum Gasteiger partial charge on any atom is 0.259 e. The molecule has 1 aliphatic rings. The Hall–Kier alpha value is -4.10. The van der Waals surface area contributed by atoms with Crippen LogP contribution in [-0.2, 0) is 23.8 Å². The molecule has 0 aromatic heterocycles. The first-order valence-electron chi connectivity index (χ1n) is 12.0. The van der Waals surface area contributed by atoms with Crippen molar-refractivity contribution in [2.75, 3.05) is 11.4 Å². The van der Waals surface area contributed by atoms with Crippen LogP contribution in [0.15, 0.2) is 101 Å². The lowest BCUT2D eigenvalue weighted by atomic mass is 10.1. The molecule has 37 heavy (non-hydrogen) atoms. The van der Waals surface area contributed by atoms with Gasteiger partial charge in [-0.3, -0.25) is 9.59 Å². The first-order chi connectivity index (χ1) is 17.9. The molecule has 2 amide bonds. The van der Waals surface area contributed by atoms with Crippen LogP contribution in [-0.4, -0.2) is 22.6 Å². The smallest absolute Gasteiger partial charge is 0.259 e. The standard InChI is InChI=1S/C30H25FN2O3S/c1-20-10-12-21(13-11-20)16-17-32-29(34)22-14-15-28-26(18-22)33(19-23-6-2-4-8-25(23)31)30(35)24-7-3-5-9-27(24)37(28)36/h2-15,18H,16-17,19H2,1H3,(H,32,34)/t37-/m1/s1. The third kappa shape index (κ3) is 5.08. The third-order valence-electron chi connectivity index (χ3n) is 6.38. The number of halogens is 1. The summed E-state index contributed by atoms with van der Waals surface area (Å²) in [5.41, 5.74) is 3.55. The highest BCUT2D eigenvalue weighted by atomic mass is 32.2. The highest BCUT2D eigenvalue weighted by Gasteiger charge is 2.32. The second-order valence-corrected chi connectivity index (χ2v) is 10.3. The molecular formula is C30H25FN2O3S. The van der Waals surface area contributed by atoms with Gasteiger partial charge in [0.2, 0.25) is 0 Å². The van der Waals surface area contributed by atoms with Crippen LogP contribution >= 0.6 is 0 Å². The molecule has 0 bridgehead atoms. The molecular weight excluding hydrogens is 487 g/mol. The van der Waals surface area contributed by atoms with Crippen molar-refractivity contribution < 1.29 is 18.2 Å². The summed E-state index contributed by atoms with van der Waals surface area (Å²) in [5.74, 6) is -1.15. The van der Waals surface area contributed by atoms with Crippen LogP contribution in [0.3, 0.4) is 0 Å². The molecule has 0 unspecified atom stereocenters. The zero-order chi connectivity index (χ0) is 25.9. The van der Waals surface area contributed by atoms with E-state index in [1.54, 1.807) is 60.7 Å². The lowest BCUT2D eigenvalue weighted by Gasteiger charge is -2.24. The van der Waals surface area contributed by atoms with Gasteiger partial charge in [0, 0.05) is 17.7 Å². The Balaban J connectivity index is 1.47.